The third-order valence-corrected chi connectivity index (χ3v) is 3.53. The fourth-order valence-electron chi connectivity index (χ4n) is 2.47. The van der Waals surface area contributed by atoms with Gasteiger partial charge in [-0.25, -0.2) is 4.52 Å². The lowest BCUT2D eigenvalue weighted by atomic mass is 10.0. The van der Waals surface area contributed by atoms with E-state index in [2.05, 4.69) is 10.1 Å². The molecule has 3 aromatic rings. The minimum absolute atomic E-state index is 0.521. The van der Waals surface area contributed by atoms with Crippen LogP contribution >= 0.6 is 0 Å². The molecule has 6 nitrogen and oxygen atoms in total. The molecule has 21 heavy (non-hydrogen) atoms. The summed E-state index contributed by atoms with van der Waals surface area (Å²) < 4.78 is 12.7. The van der Waals surface area contributed by atoms with Crippen LogP contribution in [0.25, 0.3) is 5.52 Å². The van der Waals surface area contributed by atoms with Gasteiger partial charge in [-0.1, -0.05) is 6.07 Å². The standard InChI is InChI=1S/C15H13N3O3/c19-15(11-8-17-18-4-3-16-9-12(11)18)10-1-2-13-14(7-10)21-6-5-20-13/h1-4,7-9,15,19H,5-6H2. The predicted molar refractivity (Wildman–Crippen MR) is 74.5 cm³/mol. The largest absolute Gasteiger partial charge is 0.486 e. The molecule has 1 atom stereocenters. The summed E-state index contributed by atoms with van der Waals surface area (Å²) in [6.07, 6.45) is 5.94. The first kappa shape index (κ1) is 12.2. The highest BCUT2D eigenvalue weighted by Gasteiger charge is 2.19. The third kappa shape index (κ3) is 2.00. The molecule has 0 saturated carbocycles. The molecule has 1 unspecified atom stereocenters. The zero-order chi connectivity index (χ0) is 14.2. The molecule has 1 aliphatic rings. The van der Waals surface area contributed by atoms with E-state index < -0.39 is 6.10 Å². The molecule has 0 radical (unpaired) electrons. The van der Waals surface area contributed by atoms with Crippen LogP contribution in [-0.4, -0.2) is 32.9 Å². The lowest BCUT2D eigenvalue weighted by Crippen LogP contribution is -2.15. The monoisotopic (exact) mass is 283 g/mol. The molecule has 0 spiro atoms. The molecule has 3 heterocycles. The molecule has 0 aliphatic carbocycles. The Morgan fingerprint density at radius 1 is 1.14 bits per heavy atom. The maximum Gasteiger partial charge on any atom is 0.161 e. The Hall–Kier alpha value is -2.60. The van der Waals surface area contributed by atoms with Crippen LogP contribution in [0.15, 0.2) is 43.0 Å². The van der Waals surface area contributed by atoms with Crippen molar-refractivity contribution in [3.8, 4) is 11.5 Å². The summed E-state index contributed by atoms with van der Waals surface area (Å²) in [5, 5.41) is 14.8. The minimum Gasteiger partial charge on any atom is -0.486 e. The van der Waals surface area contributed by atoms with E-state index in [1.54, 1.807) is 35.4 Å². The zero-order valence-corrected chi connectivity index (χ0v) is 11.1. The number of fused-ring (bicyclic) bond motifs is 2. The molecular weight excluding hydrogens is 270 g/mol. The second-order valence-corrected chi connectivity index (χ2v) is 4.81. The van der Waals surface area contributed by atoms with Gasteiger partial charge in [-0.3, -0.25) is 4.98 Å². The number of nitrogens with zero attached hydrogens (tertiary/aromatic N) is 3. The predicted octanol–water partition coefficient (Wildman–Crippen LogP) is 1.58. The first-order valence-corrected chi connectivity index (χ1v) is 6.68. The summed E-state index contributed by atoms with van der Waals surface area (Å²) in [6.45, 7) is 1.07. The maximum atomic E-state index is 10.6. The average molecular weight is 283 g/mol. The SMILES string of the molecule is OC(c1ccc2c(c1)OCCO2)c1cnn2ccncc12. The number of benzene rings is 1. The van der Waals surface area contributed by atoms with E-state index in [4.69, 9.17) is 9.47 Å². The fourth-order valence-corrected chi connectivity index (χ4v) is 2.47. The van der Waals surface area contributed by atoms with Crippen molar-refractivity contribution in [2.24, 2.45) is 0 Å². The first-order valence-electron chi connectivity index (χ1n) is 6.68. The molecule has 0 fully saturated rings. The highest BCUT2D eigenvalue weighted by atomic mass is 16.6. The Balaban J connectivity index is 1.75. The van der Waals surface area contributed by atoms with Crippen molar-refractivity contribution in [1.82, 2.24) is 14.6 Å². The van der Waals surface area contributed by atoms with Crippen LogP contribution in [0.3, 0.4) is 0 Å². The molecule has 106 valence electrons. The molecule has 0 amide bonds. The van der Waals surface area contributed by atoms with Gasteiger partial charge in [0, 0.05) is 18.0 Å². The van der Waals surface area contributed by atoms with E-state index in [0.717, 1.165) is 11.1 Å². The Labute approximate surface area is 120 Å². The fraction of sp³-hybridized carbons (Fsp3) is 0.200. The minimum atomic E-state index is -0.789. The van der Waals surface area contributed by atoms with E-state index in [1.165, 1.54) is 0 Å². The normalized spacial score (nSPS) is 15.1. The average Bonchev–Trinajstić information content (AvgIpc) is 2.98. The van der Waals surface area contributed by atoms with Crippen molar-refractivity contribution in [3.05, 3.63) is 54.1 Å². The van der Waals surface area contributed by atoms with Gasteiger partial charge in [0.2, 0.25) is 0 Å². The smallest absolute Gasteiger partial charge is 0.161 e. The number of hydrogen-bond donors (Lipinski definition) is 1. The van der Waals surface area contributed by atoms with Gasteiger partial charge in [-0.15, -0.1) is 0 Å². The third-order valence-electron chi connectivity index (χ3n) is 3.53. The Bertz CT molecular complexity index is 800. The second-order valence-electron chi connectivity index (χ2n) is 4.81. The Morgan fingerprint density at radius 2 is 2.00 bits per heavy atom. The van der Waals surface area contributed by atoms with Gasteiger partial charge in [0.05, 0.1) is 17.9 Å². The number of aromatic nitrogens is 3. The van der Waals surface area contributed by atoms with Crippen LogP contribution in [0.4, 0.5) is 0 Å². The topological polar surface area (TPSA) is 68.9 Å². The van der Waals surface area contributed by atoms with Crippen molar-refractivity contribution in [2.75, 3.05) is 13.2 Å². The van der Waals surface area contributed by atoms with Crippen LogP contribution in [0.1, 0.15) is 17.2 Å². The molecular formula is C15H13N3O3. The van der Waals surface area contributed by atoms with Gasteiger partial charge in [0.15, 0.2) is 11.5 Å². The van der Waals surface area contributed by atoms with Crippen molar-refractivity contribution in [3.63, 3.8) is 0 Å². The van der Waals surface area contributed by atoms with Gasteiger partial charge in [-0.05, 0) is 17.7 Å². The quantitative estimate of drug-likeness (QED) is 0.773. The highest BCUT2D eigenvalue weighted by Crippen LogP contribution is 2.34. The number of hydrogen-bond acceptors (Lipinski definition) is 5. The van der Waals surface area contributed by atoms with E-state index in [1.807, 2.05) is 12.1 Å². The number of rotatable bonds is 2. The molecule has 0 saturated heterocycles. The molecule has 0 bridgehead atoms. The highest BCUT2D eigenvalue weighted by molar-refractivity contribution is 5.56. The summed E-state index contributed by atoms with van der Waals surface area (Å²) in [5.41, 5.74) is 2.22. The summed E-state index contributed by atoms with van der Waals surface area (Å²) in [6, 6.07) is 5.45. The lowest BCUT2D eigenvalue weighted by molar-refractivity contribution is 0.169. The zero-order valence-electron chi connectivity index (χ0n) is 11.1. The molecule has 4 rings (SSSR count). The van der Waals surface area contributed by atoms with Crippen molar-refractivity contribution in [1.29, 1.82) is 0 Å². The summed E-state index contributed by atoms with van der Waals surface area (Å²) in [4.78, 5) is 4.08. The van der Waals surface area contributed by atoms with Gasteiger partial charge in [0.25, 0.3) is 0 Å². The summed E-state index contributed by atoms with van der Waals surface area (Å²) >= 11 is 0. The van der Waals surface area contributed by atoms with Gasteiger partial charge in [0.1, 0.15) is 19.3 Å². The summed E-state index contributed by atoms with van der Waals surface area (Å²) in [5.74, 6) is 1.37. The second kappa shape index (κ2) is 4.75. The van der Waals surface area contributed by atoms with E-state index in [9.17, 15) is 5.11 Å². The Kier molecular flexibility index (Phi) is 2.75. The molecule has 1 N–H and O–H groups in total. The van der Waals surface area contributed by atoms with Crippen LogP contribution in [0.2, 0.25) is 0 Å². The van der Waals surface area contributed by atoms with Crippen LogP contribution < -0.4 is 9.47 Å². The lowest BCUT2D eigenvalue weighted by Gasteiger charge is -2.20. The molecule has 2 aromatic heterocycles. The van der Waals surface area contributed by atoms with E-state index in [0.29, 0.717) is 30.3 Å². The van der Waals surface area contributed by atoms with Crippen LogP contribution in [-0.2, 0) is 0 Å². The Morgan fingerprint density at radius 3 is 2.90 bits per heavy atom. The van der Waals surface area contributed by atoms with Gasteiger partial charge < -0.3 is 14.6 Å². The number of ether oxygens (including phenoxy) is 2. The summed E-state index contributed by atoms with van der Waals surface area (Å²) in [7, 11) is 0. The van der Waals surface area contributed by atoms with E-state index in [-0.39, 0.29) is 0 Å². The number of aliphatic hydroxyl groups excluding tert-OH is 1. The number of aliphatic hydroxyl groups is 1. The molecule has 1 aromatic carbocycles. The van der Waals surface area contributed by atoms with Crippen molar-refractivity contribution >= 4 is 5.52 Å². The molecule has 1 aliphatic heterocycles. The van der Waals surface area contributed by atoms with Crippen LogP contribution in [0.5, 0.6) is 11.5 Å². The van der Waals surface area contributed by atoms with Crippen LogP contribution in [0, 0.1) is 0 Å². The van der Waals surface area contributed by atoms with E-state index >= 15 is 0 Å². The molecule has 6 heteroatoms. The van der Waals surface area contributed by atoms with Gasteiger partial charge >= 0.3 is 0 Å². The maximum absolute atomic E-state index is 10.6. The first-order chi connectivity index (χ1) is 10.3. The van der Waals surface area contributed by atoms with Gasteiger partial charge in [-0.2, -0.15) is 5.10 Å². The van der Waals surface area contributed by atoms with Crippen molar-refractivity contribution in [2.45, 2.75) is 6.10 Å². The van der Waals surface area contributed by atoms with Crippen molar-refractivity contribution < 1.29 is 14.6 Å².